The predicted molar refractivity (Wildman–Crippen MR) is 56.2 cm³/mol. The molecule has 0 fully saturated rings. The Morgan fingerprint density at radius 3 is 2.43 bits per heavy atom. The highest BCUT2D eigenvalue weighted by Gasteiger charge is 2.02. The number of aryl methyl sites for hydroxylation is 1. The van der Waals surface area contributed by atoms with Crippen LogP contribution in [0.2, 0.25) is 0 Å². The van der Waals surface area contributed by atoms with E-state index in [-0.39, 0.29) is 19.2 Å². The molecule has 14 heavy (non-hydrogen) atoms. The van der Waals surface area contributed by atoms with Gasteiger partial charge in [-0.25, -0.2) is 0 Å². The van der Waals surface area contributed by atoms with Gasteiger partial charge in [0, 0.05) is 12.5 Å². The fraction of sp³-hybridized carbons (Fsp3) is 0.500. The van der Waals surface area contributed by atoms with Gasteiger partial charge < -0.3 is 5.11 Å². The lowest BCUT2D eigenvalue weighted by molar-refractivity contribution is 0.273. The normalized spacial score (nSPS) is 12.8. The summed E-state index contributed by atoms with van der Waals surface area (Å²) in [6, 6.07) is 8.04. The first-order chi connectivity index (χ1) is 6.77. The van der Waals surface area contributed by atoms with E-state index in [2.05, 4.69) is 0 Å². The minimum absolute atomic E-state index is 0.170. The standard InChI is InChI=1S/C12H17FO/c1-10(9-14)12-6-4-11(5-7-12)3-2-8-13/h4-7,10,14H,2-3,8-9H2,1H3. The first-order valence-corrected chi connectivity index (χ1v) is 5.03. The molecule has 0 radical (unpaired) electrons. The highest BCUT2D eigenvalue weighted by molar-refractivity contribution is 5.25. The summed E-state index contributed by atoms with van der Waals surface area (Å²) in [5.74, 6) is 0.185. The maximum absolute atomic E-state index is 11.9. The lowest BCUT2D eigenvalue weighted by Crippen LogP contribution is -1.98. The summed E-state index contributed by atoms with van der Waals surface area (Å²) in [5, 5.41) is 8.95. The van der Waals surface area contributed by atoms with Crippen molar-refractivity contribution in [3.63, 3.8) is 0 Å². The Morgan fingerprint density at radius 2 is 1.93 bits per heavy atom. The molecule has 1 rings (SSSR count). The Balaban J connectivity index is 2.59. The van der Waals surface area contributed by atoms with Gasteiger partial charge in [-0.15, -0.1) is 0 Å². The Hall–Kier alpha value is -0.890. The topological polar surface area (TPSA) is 20.2 Å². The van der Waals surface area contributed by atoms with Crippen LogP contribution < -0.4 is 0 Å². The summed E-state index contributed by atoms with van der Waals surface area (Å²) in [6.07, 6.45) is 1.39. The highest BCUT2D eigenvalue weighted by atomic mass is 19.1. The molecule has 78 valence electrons. The largest absolute Gasteiger partial charge is 0.396 e. The maximum Gasteiger partial charge on any atom is 0.0897 e. The predicted octanol–water partition coefficient (Wildman–Crippen LogP) is 2.68. The van der Waals surface area contributed by atoms with Crippen molar-refractivity contribution in [2.75, 3.05) is 13.3 Å². The van der Waals surface area contributed by atoms with Crippen LogP contribution in [-0.4, -0.2) is 18.4 Å². The third-order valence-electron chi connectivity index (χ3n) is 2.42. The molecule has 0 bridgehead atoms. The quantitative estimate of drug-likeness (QED) is 0.767. The summed E-state index contributed by atoms with van der Waals surface area (Å²) in [5.41, 5.74) is 2.30. The van der Waals surface area contributed by atoms with Crippen molar-refractivity contribution in [1.82, 2.24) is 0 Å². The van der Waals surface area contributed by atoms with Gasteiger partial charge in [0.05, 0.1) is 6.67 Å². The van der Waals surface area contributed by atoms with Gasteiger partial charge in [-0.1, -0.05) is 31.2 Å². The number of aliphatic hydroxyl groups is 1. The van der Waals surface area contributed by atoms with Crippen LogP contribution >= 0.6 is 0 Å². The molecule has 0 heterocycles. The molecule has 1 aromatic carbocycles. The van der Waals surface area contributed by atoms with Crippen LogP contribution in [0.15, 0.2) is 24.3 Å². The van der Waals surface area contributed by atoms with Crippen LogP contribution in [0.25, 0.3) is 0 Å². The van der Waals surface area contributed by atoms with E-state index in [0.717, 1.165) is 17.5 Å². The number of rotatable bonds is 5. The fourth-order valence-corrected chi connectivity index (χ4v) is 1.39. The molecule has 1 unspecified atom stereocenters. The van der Waals surface area contributed by atoms with Crippen molar-refractivity contribution in [2.24, 2.45) is 0 Å². The van der Waals surface area contributed by atoms with Crippen LogP contribution in [0.4, 0.5) is 4.39 Å². The van der Waals surface area contributed by atoms with Gasteiger partial charge in [0.25, 0.3) is 0 Å². The molecule has 0 aromatic heterocycles. The van der Waals surface area contributed by atoms with E-state index < -0.39 is 0 Å². The Bertz CT molecular complexity index is 256. The summed E-state index contributed by atoms with van der Waals surface area (Å²) in [7, 11) is 0. The van der Waals surface area contributed by atoms with Crippen molar-refractivity contribution < 1.29 is 9.50 Å². The molecule has 0 aliphatic carbocycles. The lowest BCUT2D eigenvalue weighted by Gasteiger charge is -2.08. The van der Waals surface area contributed by atoms with E-state index >= 15 is 0 Å². The zero-order chi connectivity index (χ0) is 10.4. The average Bonchev–Trinajstić information content (AvgIpc) is 2.26. The van der Waals surface area contributed by atoms with E-state index in [1.165, 1.54) is 0 Å². The minimum Gasteiger partial charge on any atom is -0.396 e. The summed E-state index contributed by atoms with van der Waals surface area (Å²) >= 11 is 0. The Morgan fingerprint density at radius 1 is 1.29 bits per heavy atom. The zero-order valence-electron chi connectivity index (χ0n) is 8.54. The molecule has 1 nitrogen and oxygen atoms in total. The average molecular weight is 196 g/mol. The van der Waals surface area contributed by atoms with Gasteiger partial charge >= 0.3 is 0 Å². The van der Waals surface area contributed by atoms with Crippen molar-refractivity contribution in [1.29, 1.82) is 0 Å². The molecule has 0 spiro atoms. The van der Waals surface area contributed by atoms with Crippen molar-refractivity contribution in [2.45, 2.75) is 25.7 Å². The van der Waals surface area contributed by atoms with Gasteiger partial charge in [-0.3, -0.25) is 4.39 Å². The number of benzene rings is 1. The van der Waals surface area contributed by atoms with E-state index in [0.29, 0.717) is 6.42 Å². The van der Waals surface area contributed by atoms with Crippen molar-refractivity contribution in [3.05, 3.63) is 35.4 Å². The van der Waals surface area contributed by atoms with Gasteiger partial charge in [-0.05, 0) is 24.0 Å². The molecule has 0 amide bonds. The van der Waals surface area contributed by atoms with Crippen LogP contribution in [0.3, 0.4) is 0 Å². The number of hydrogen-bond acceptors (Lipinski definition) is 1. The molecular formula is C12H17FO. The first kappa shape index (κ1) is 11.2. The van der Waals surface area contributed by atoms with Gasteiger partial charge in [0.2, 0.25) is 0 Å². The third-order valence-corrected chi connectivity index (χ3v) is 2.42. The molecule has 0 aliphatic rings. The van der Waals surface area contributed by atoms with Crippen LogP contribution in [-0.2, 0) is 6.42 Å². The second-order valence-electron chi connectivity index (χ2n) is 3.62. The monoisotopic (exact) mass is 196 g/mol. The first-order valence-electron chi connectivity index (χ1n) is 5.03. The smallest absolute Gasteiger partial charge is 0.0897 e. The van der Waals surface area contributed by atoms with E-state index in [1.807, 2.05) is 31.2 Å². The number of halogens is 1. The zero-order valence-corrected chi connectivity index (χ0v) is 8.54. The molecule has 2 heteroatoms. The second kappa shape index (κ2) is 5.76. The highest BCUT2D eigenvalue weighted by Crippen LogP contribution is 2.15. The van der Waals surface area contributed by atoms with Crippen molar-refractivity contribution in [3.8, 4) is 0 Å². The van der Waals surface area contributed by atoms with Crippen molar-refractivity contribution >= 4 is 0 Å². The van der Waals surface area contributed by atoms with Crippen LogP contribution in [0.5, 0.6) is 0 Å². The van der Waals surface area contributed by atoms with Gasteiger partial charge in [0.1, 0.15) is 0 Å². The maximum atomic E-state index is 11.9. The summed E-state index contributed by atoms with van der Waals surface area (Å²) in [6.45, 7) is 1.90. The van der Waals surface area contributed by atoms with Gasteiger partial charge in [0.15, 0.2) is 0 Å². The molecule has 1 aromatic rings. The molecule has 1 N–H and O–H groups in total. The fourth-order valence-electron chi connectivity index (χ4n) is 1.39. The minimum atomic E-state index is -0.255. The Labute approximate surface area is 84.6 Å². The lowest BCUT2D eigenvalue weighted by atomic mass is 9.99. The van der Waals surface area contributed by atoms with E-state index in [4.69, 9.17) is 5.11 Å². The van der Waals surface area contributed by atoms with Crippen LogP contribution in [0.1, 0.15) is 30.4 Å². The Kier molecular flexibility index (Phi) is 4.60. The number of aliphatic hydroxyl groups excluding tert-OH is 1. The molecule has 1 atom stereocenters. The molecule has 0 saturated heterocycles. The van der Waals surface area contributed by atoms with E-state index in [9.17, 15) is 4.39 Å². The van der Waals surface area contributed by atoms with Crippen LogP contribution in [0, 0.1) is 0 Å². The SMILES string of the molecule is CC(CO)c1ccc(CCCF)cc1. The number of hydrogen-bond donors (Lipinski definition) is 1. The summed E-state index contributed by atoms with van der Waals surface area (Å²) < 4.78 is 11.9. The molecule has 0 aliphatic heterocycles. The second-order valence-corrected chi connectivity index (χ2v) is 3.62. The molecule has 0 saturated carbocycles. The van der Waals surface area contributed by atoms with E-state index in [1.54, 1.807) is 0 Å². The van der Waals surface area contributed by atoms with Gasteiger partial charge in [-0.2, -0.15) is 0 Å². The third kappa shape index (κ3) is 3.11. The molecular weight excluding hydrogens is 179 g/mol. The number of alkyl halides is 1. The summed E-state index contributed by atoms with van der Waals surface area (Å²) in [4.78, 5) is 0.